The zero-order chi connectivity index (χ0) is 13.4. The van der Waals surface area contributed by atoms with Gasteiger partial charge >= 0.3 is 0 Å². The first-order valence-corrected chi connectivity index (χ1v) is 7.13. The SMILES string of the molecule is Cn1nc(C2CCCC2)c(-c2cccc(Cl)c2)c1N. The van der Waals surface area contributed by atoms with E-state index in [-0.39, 0.29) is 0 Å². The van der Waals surface area contributed by atoms with E-state index in [2.05, 4.69) is 11.2 Å². The van der Waals surface area contributed by atoms with Crippen LogP contribution in [0.3, 0.4) is 0 Å². The molecule has 1 aliphatic carbocycles. The second-order valence-corrected chi connectivity index (χ2v) is 5.70. The van der Waals surface area contributed by atoms with Gasteiger partial charge in [0.05, 0.1) is 5.69 Å². The minimum atomic E-state index is 0.539. The fraction of sp³-hybridized carbons (Fsp3) is 0.400. The summed E-state index contributed by atoms with van der Waals surface area (Å²) < 4.78 is 1.78. The molecule has 1 aromatic carbocycles. The van der Waals surface area contributed by atoms with Gasteiger partial charge in [0.15, 0.2) is 0 Å². The van der Waals surface area contributed by atoms with Gasteiger partial charge in [-0.3, -0.25) is 4.68 Å². The molecule has 0 bridgehead atoms. The molecule has 0 spiro atoms. The Balaban J connectivity index is 2.13. The number of rotatable bonds is 2. The predicted octanol–water partition coefficient (Wildman–Crippen LogP) is 3.98. The highest BCUT2D eigenvalue weighted by Gasteiger charge is 2.26. The lowest BCUT2D eigenvalue weighted by Crippen LogP contribution is -1.98. The Morgan fingerprint density at radius 3 is 2.74 bits per heavy atom. The molecule has 1 heterocycles. The molecule has 19 heavy (non-hydrogen) atoms. The highest BCUT2D eigenvalue weighted by molar-refractivity contribution is 6.30. The minimum absolute atomic E-state index is 0.539. The molecule has 0 radical (unpaired) electrons. The van der Waals surface area contributed by atoms with E-state index in [1.54, 1.807) is 4.68 Å². The Morgan fingerprint density at radius 2 is 2.05 bits per heavy atom. The van der Waals surface area contributed by atoms with Crippen LogP contribution in [0.25, 0.3) is 11.1 Å². The van der Waals surface area contributed by atoms with Gasteiger partial charge in [0.2, 0.25) is 0 Å². The van der Waals surface area contributed by atoms with Crippen LogP contribution in [0.5, 0.6) is 0 Å². The van der Waals surface area contributed by atoms with Crippen LogP contribution >= 0.6 is 11.6 Å². The molecule has 100 valence electrons. The first-order valence-electron chi connectivity index (χ1n) is 6.75. The summed E-state index contributed by atoms with van der Waals surface area (Å²) in [7, 11) is 1.90. The highest BCUT2D eigenvalue weighted by atomic mass is 35.5. The number of aromatic nitrogens is 2. The van der Waals surface area contributed by atoms with Crippen LogP contribution in [0.15, 0.2) is 24.3 Å². The lowest BCUT2D eigenvalue weighted by Gasteiger charge is -2.09. The molecule has 1 aliphatic rings. The van der Waals surface area contributed by atoms with Gasteiger partial charge in [0.1, 0.15) is 5.82 Å². The Morgan fingerprint density at radius 1 is 1.32 bits per heavy atom. The molecule has 1 saturated carbocycles. The lowest BCUT2D eigenvalue weighted by atomic mass is 9.95. The van der Waals surface area contributed by atoms with Crippen LogP contribution in [0.2, 0.25) is 5.02 Å². The second kappa shape index (κ2) is 4.89. The minimum Gasteiger partial charge on any atom is -0.383 e. The van der Waals surface area contributed by atoms with E-state index in [0.717, 1.165) is 27.7 Å². The van der Waals surface area contributed by atoms with Gasteiger partial charge in [-0.1, -0.05) is 36.6 Å². The van der Waals surface area contributed by atoms with Crippen molar-refractivity contribution in [2.75, 3.05) is 5.73 Å². The van der Waals surface area contributed by atoms with Crippen LogP contribution in [0, 0.1) is 0 Å². The van der Waals surface area contributed by atoms with Crippen molar-refractivity contribution in [1.82, 2.24) is 9.78 Å². The number of nitrogens with two attached hydrogens (primary N) is 1. The molecule has 0 unspecified atom stereocenters. The van der Waals surface area contributed by atoms with Crippen LogP contribution in [0.4, 0.5) is 5.82 Å². The molecule has 1 aromatic heterocycles. The first-order chi connectivity index (χ1) is 9.16. The van der Waals surface area contributed by atoms with Crippen molar-refractivity contribution in [2.24, 2.45) is 7.05 Å². The molecule has 0 saturated heterocycles. The summed E-state index contributed by atoms with van der Waals surface area (Å²) in [5.41, 5.74) is 9.49. The predicted molar refractivity (Wildman–Crippen MR) is 79.3 cm³/mol. The third-order valence-electron chi connectivity index (χ3n) is 3.97. The maximum Gasteiger partial charge on any atom is 0.129 e. The van der Waals surface area contributed by atoms with Gasteiger partial charge < -0.3 is 5.73 Å². The monoisotopic (exact) mass is 275 g/mol. The van der Waals surface area contributed by atoms with Crippen LogP contribution in [-0.2, 0) is 7.05 Å². The van der Waals surface area contributed by atoms with Gasteiger partial charge in [-0.25, -0.2) is 0 Å². The fourth-order valence-corrected chi connectivity index (χ4v) is 3.17. The van der Waals surface area contributed by atoms with Gasteiger partial charge in [-0.15, -0.1) is 0 Å². The number of benzene rings is 1. The Kier molecular flexibility index (Phi) is 3.23. The van der Waals surface area contributed by atoms with Gasteiger partial charge in [-0.2, -0.15) is 5.10 Å². The number of anilines is 1. The second-order valence-electron chi connectivity index (χ2n) is 5.26. The summed E-state index contributed by atoms with van der Waals surface area (Å²) in [4.78, 5) is 0. The number of hydrogen-bond acceptors (Lipinski definition) is 2. The van der Waals surface area contributed by atoms with Crippen molar-refractivity contribution >= 4 is 17.4 Å². The van der Waals surface area contributed by atoms with Crippen LogP contribution < -0.4 is 5.73 Å². The van der Waals surface area contributed by atoms with E-state index >= 15 is 0 Å². The van der Waals surface area contributed by atoms with Crippen molar-refractivity contribution in [2.45, 2.75) is 31.6 Å². The first kappa shape index (κ1) is 12.5. The maximum absolute atomic E-state index is 6.21. The van der Waals surface area contributed by atoms with Gasteiger partial charge in [0, 0.05) is 23.6 Å². The van der Waals surface area contributed by atoms with E-state index in [4.69, 9.17) is 17.3 Å². The summed E-state index contributed by atoms with van der Waals surface area (Å²) in [6.07, 6.45) is 5.00. The molecular formula is C15H18ClN3. The van der Waals surface area contributed by atoms with Crippen molar-refractivity contribution in [3.8, 4) is 11.1 Å². The van der Waals surface area contributed by atoms with Gasteiger partial charge in [-0.05, 0) is 30.5 Å². The summed E-state index contributed by atoms with van der Waals surface area (Å²) in [6, 6.07) is 7.86. The number of aryl methyl sites for hydroxylation is 1. The topological polar surface area (TPSA) is 43.8 Å². The molecule has 3 rings (SSSR count). The summed E-state index contributed by atoms with van der Waals surface area (Å²) >= 11 is 6.10. The van der Waals surface area contributed by atoms with Crippen molar-refractivity contribution < 1.29 is 0 Å². The highest BCUT2D eigenvalue weighted by Crippen LogP contribution is 2.41. The molecule has 2 N–H and O–H groups in total. The average molecular weight is 276 g/mol. The molecule has 0 atom stereocenters. The quantitative estimate of drug-likeness (QED) is 0.901. The molecule has 0 aliphatic heterocycles. The van der Waals surface area contributed by atoms with E-state index in [1.165, 1.54) is 25.7 Å². The molecule has 0 amide bonds. The smallest absolute Gasteiger partial charge is 0.129 e. The zero-order valence-corrected chi connectivity index (χ0v) is 11.8. The van der Waals surface area contributed by atoms with E-state index < -0.39 is 0 Å². The molecule has 1 fully saturated rings. The summed E-state index contributed by atoms with van der Waals surface area (Å²) in [5, 5.41) is 5.38. The van der Waals surface area contributed by atoms with Crippen molar-refractivity contribution in [1.29, 1.82) is 0 Å². The Labute approximate surface area is 118 Å². The lowest BCUT2D eigenvalue weighted by molar-refractivity contribution is 0.661. The summed E-state index contributed by atoms with van der Waals surface area (Å²) in [6.45, 7) is 0. The van der Waals surface area contributed by atoms with Crippen LogP contribution in [-0.4, -0.2) is 9.78 Å². The number of halogens is 1. The van der Waals surface area contributed by atoms with Crippen LogP contribution in [0.1, 0.15) is 37.3 Å². The molecule has 2 aromatic rings. The number of nitrogens with zero attached hydrogens (tertiary/aromatic N) is 2. The number of nitrogen functional groups attached to an aromatic ring is 1. The van der Waals surface area contributed by atoms with Gasteiger partial charge in [0.25, 0.3) is 0 Å². The number of hydrogen-bond donors (Lipinski definition) is 1. The largest absolute Gasteiger partial charge is 0.383 e. The molecule has 3 nitrogen and oxygen atoms in total. The third kappa shape index (κ3) is 2.23. The normalized spacial score (nSPS) is 16.1. The van der Waals surface area contributed by atoms with E-state index in [9.17, 15) is 0 Å². The maximum atomic E-state index is 6.21. The van der Waals surface area contributed by atoms with Crippen molar-refractivity contribution in [3.63, 3.8) is 0 Å². The standard InChI is InChI=1S/C15H18ClN3/c1-19-15(17)13(11-7-4-8-12(16)9-11)14(18-19)10-5-2-3-6-10/h4,7-10H,2-3,5-6,17H2,1H3. The fourth-order valence-electron chi connectivity index (χ4n) is 2.98. The average Bonchev–Trinajstić information content (AvgIpc) is 2.99. The van der Waals surface area contributed by atoms with E-state index in [0.29, 0.717) is 5.92 Å². The summed E-state index contributed by atoms with van der Waals surface area (Å²) in [5.74, 6) is 1.27. The third-order valence-corrected chi connectivity index (χ3v) is 4.21. The van der Waals surface area contributed by atoms with Crippen molar-refractivity contribution in [3.05, 3.63) is 35.0 Å². The Hall–Kier alpha value is -1.48. The zero-order valence-electron chi connectivity index (χ0n) is 11.1. The molecule has 4 heteroatoms. The molecular weight excluding hydrogens is 258 g/mol. The Bertz CT molecular complexity index is 597. The van der Waals surface area contributed by atoms with E-state index in [1.807, 2.05) is 25.2 Å².